The van der Waals surface area contributed by atoms with Crippen LogP contribution in [0, 0.1) is 0 Å². The van der Waals surface area contributed by atoms with Gasteiger partial charge in [-0.05, 0) is 42.7 Å². The number of thioether (sulfide) groups is 2. The highest BCUT2D eigenvalue weighted by atomic mass is 32.2. The van der Waals surface area contributed by atoms with Crippen molar-refractivity contribution in [2.75, 3.05) is 12.3 Å². The zero-order valence-electron chi connectivity index (χ0n) is 15.1. The van der Waals surface area contributed by atoms with Gasteiger partial charge in [0.05, 0.1) is 0 Å². The first-order valence-electron chi connectivity index (χ1n) is 9.35. The topological polar surface area (TPSA) is 26.0 Å². The Labute approximate surface area is 162 Å². The van der Waals surface area contributed by atoms with Crippen LogP contribution in [-0.4, -0.2) is 17.5 Å². The van der Waals surface area contributed by atoms with Crippen molar-refractivity contribution in [2.24, 2.45) is 5.73 Å². The Kier molecular flexibility index (Phi) is 10.9. The summed E-state index contributed by atoms with van der Waals surface area (Å²) >= 11 is 4.20. The normalized spacial score (nSPS) is 12.2. The molecule has 0 fully saturated rings. The molecule has 1 atom stereocenters. The molecular weight excluding hydrogens is 342 g/mol. The van der Waals surface area contributed by atoms with Crippen LogP contribution in [0.4, 0.5) is 0 Å². The molecule has 0 heterocycles. The van der Waals surface area contributed by atoms with E-state index in [0.29, 0.717) is 0 Å². The Morgan fingerprint density at radius 3 is 2.00 bits per heavy atom. The van der Waals surface area contributed by atoms with Crippen molar-refractivity contribution in [3.8, 4) is 0 Å². The summed E-state index contributed by atoms with van der Waals surface area (Å²) in [6.45, 7) is 0.828. The first-order valence-corrected chi connectivity index (χ1v) is 11.6. The Bertz CT molecular complexity index is 544. The molecule has 2 aromatic rings. The number of hydrogen-bond acceptors (Lipinski definition) is 3. The van der Waals surface area contributed by atoms with Gasteiger partial charge in [-0.1, -0.05) is 73.5 Å². The van der Waals surface area contributed by atoms with Crippen LogP contribution >= 0.6 is 23.5 Å². The zero-order chi connectivity index (χ0) is 17.6. The molecule has 0 saturated heterocycles. The third-order valence-corrected chi connectivity index (χ3v) is 6.76. The fraction of sp³-hybridized carbons (Fsp3) is 0.455. The lowest BCUT2D eigenvalue weighted by Crippen LogP contribution is -2.06. The predicted molar refractivity (Wildman–Crippen MR) is 116 cm³/mol. The number of hydrogen-bond donors (Lipinski definition) is 1. The molecule has 1 unspecified atom stereocenters. The van der Waals surface area contributed by atoms with Crippen molar-refractivity contribution in [1.29, 1.82) is 0 Å². The van der Waals surface area contributed by atoms with Crippen molar-refractivity contribution in [1.82, 2.24) is 0 Å². The molecular formula is C22H31NS2. The van der Waals surface area contributed by atoms with Gasteiger partial charge >= 0.3 is 0 Å². The molecule has 2 aromatic carbocycles. The van der Waals surface area contributed by atoms with Crippen LogP contribution in [0.3, 0.4) is 0 Å². The van der Waals surface area contributed by atoms with E-state index in [1.165, 1.54) is 49.0 Å². The molecule has 0 aliphatic heterocycles. The predicted octanol–water partition coefficient (Wildman–Crippen LogP) is 6.13. The molecule has 0 aliphatic carbocycles. The molecule has 25 heavy (non-hydrogen) atoms. The molecule has 0 spiro atoms. The van der Waals surface area contributed by atoms with Gasteiger partial charge in [-0.2, -0.15) is 23.5 Å². The van der Waals surface area contributed by atoms with Crippen molar-refractivity contribution in [2.45, 2.75) is 48.9 Å². The Morgan fingerprint density at radius 2 is 1.36 bits per heavy atom. The Morgan fingerprint density at radius 1 is 0.720 bits per heavy atom. The smallest absolute Gasteiger partial charge is 0.0187 e. The minimum Gasteiger partial charge on any atom is -0.330 e. The van der Waals surface area contributed by atoms with Gasteiger partial charge in [0, 0.05) is 16.8 Å². The van der Waals surface area contributed by atoms with Gasteiger partial charge in [0.1, 0.15) is 0 Å². The van der Waals surface area contributed by atoms with Crippen molar-refractivity contribution in [3.63, 3.8) is 0 Å². The van der Waals surface area contributed by atoms with E-state index in [-0.39, 0.29) is 0 Å². The van der Waals surface area contributed by atoms with Crippen LogP contribution in [0.15, 0.2) is 60.7 Å². The van der Waals surface area contributed by atoms with E-state index >= 15 is 0 Å². The van der Waals surface area contributed by atoms with Crippen LogP contribution in [0.25, 0.3) is 0 Å². The van der Waals surface area contributed by atoms with Crippen molar-refractivity contribution < 1.29 is 0 Å². The molecule has 1 nitrogen and oxygen atoms in total. The minimum atomic E-state index is 0.765. The fourth-order valence-corrected chi connectivity index (χ4v) is 5.18. The SMILES string of the molecule is NCCCCCC(CCSCc1ccccc1)SCc1ccccc1. The lowest BCUT2D eigenvalue weighted by atomic mass is 10.1. The highest BCUT2D eigenvalue weighted by Crippen LogP contribution is 2.27. The fourth-order valence-electron chi connectivity index (χ4n) is 2.77. The van der Waals surface area contributed by atoms with Gasteiger partial charge in [0.2, 0.25) is 0 Å². The average Bonchev–Trinajstić information content (AvgIpc) is 2.67. The highest BCUT2D eigenvalue weighted by Gasteiger charge is 2.10. The van der Waals surface area contributed by atoms with Crippen LogP contribution in [0.5, 0.6) is 0 Å². The molecule has 0 bridgehead atoms. The lowest BCUT2D eigenvalue weighted by molar-refractivity contribution is 0.623. The number of unbranched alkanes of at least 4 members (excludes halogenated alkanes) is 2. The molecule has 0 radical (unpaired) electrons. The largest absolute Gasteiger partial charge is 0.330 e. The summed E-state index contributed by atoms with van der Waals surface area (Å²) in [5.74, 6) is 3.51. The van der Waals surface area contributed by atoms with E-state index in [1.54, 1.807) is 0 Å². The second-order valence-corrected chi connectivity index (χ2v) is 8.78. The van der Waals surface area contributed by atoms with Gasteiger partial charge < -0.3 is 5.73 Å². The molecule has 2 N–H and O–H groups in total. The molecule has 136 valence electrons. The summed E-state index contributed by atoms with van der Waals surface area (Å²) in [7, 11) is 0. The summed E-state index contributed by atoms with van der Waals surface area (Å²) < 4.78 is 0. The van der Waals surface area contributed by atoms with Crippen LogP contribution in [0.2, 0.25) is 0 Å². The third kappa shape index (κ3) is 9.39. The van der Waals surface area contributed by atoms with Gasteiger partial charge in [-0.25, -0.2) is 0 Å². The number of nitrogens with two attached hydrogens (primary N) is 1. The summed E-state index contributed by atoms with van der Waals surface area (Å²) in [6, 6.07) is 21.7. The van der Waals surface area contributed by atoms with E-state index in [2.05, 4.69) is 84.2 Å². The summed E-state index contributed by atoms with van der Waals surface area (Å²) in [5.41, 5.74) is 8.50. The van der Waals surface area contributed by atoms with Crippen molar-refractivity contribution in [3.05, 3.63) is 71.8 Å². The van der Waals surface area contributed by atoms with Gasteiger partial charge in [0.25, 0.3) is 0 Å². The summed E-state index contributed by atoms with van der Waals surface area (Å²) in [4.78, 5) is 0. The van der Waals surface area contributed by atoms with E-state index in [1.807, 2.05) is 0 Å². The van der Waals surface area contributed by atoms with Crippen LogP contribution < -0.4 is 5.73 Å². The second-order valence-electron chi connectivity index (χ2n) is 6.38. The maximum absolute atomic E-state index is 5.63. The zero-order valence-corrected chi connectivity index (χ0v) is 16.7. The van der Waals surface area contributed by atoms with Gasteiger partial charge in [0.15, 0.2) is 0 Å². The summed E-state index contributed by atoms with van der Waals surface area (Å²) in [5, 5.41) is 0.765. The average molecular weight is 374 g/mol. The molecule has 2 rings (SSSR count). The summed E-state index contributed by atoms with van der Waals surface area (Å²) in [6.07, 6.45) is 6.38. The molecule has 3 heteroatoms. The minimum absolute atomic E-state index is 0.765. The van der Waals surface area contributed by atoms with Gasteiger partial charge in [-0.15, -0.1) is 0 Å². The molecule has 0 saturated carbocycles. The first-order chi connectivity index (χ1) is 12.4. The first kappa shape index (κ1) is 20.4. The quantitative estimate of drug-likeness (QED) is 0.428. The molecule has 0 amide bonds. The highest BCUT2D eigenvalue weighted by molar-refractivity contribution is 7.99. The van der Waals surface area contributed by atoms with Gasteiger partial charge in [-0.3, -0.25) is 0 Å². The van der Waals surface area contributed by atoms with Crippen LogP contribution in [-0.2, 0) is 11.5 Å². The van der Waals surface area contributed by atoms with E-state index in [9.17, 15) is 0 Å². The maximum atomic E-state index is 5.63. The Hall–Kier alpha value is -0.900. The standard InChI is InChI=1S/C22H31NS2/c23-16-9-3-8-14-22(25-19-21-12-6-2-7-13-21)15-17-24-18-20-10-4-1-5-11-20/h1-2,4-7,10-13,22H,3,8-9,14-19,23H2. The lowest BCUT2D eigenvalue weighted by Gasteiger charge is -2.16. The molecule has 0 aromatic heterocycles. The second kappa shape index (κ2) is 13.3. The third-order valence-electron chi connectivity index (χ3n) is 4.25. The molecule has 0 aliphatic rings. The number of benzene rings is 2. The van der Waals surface area contributed by atoms with E-state index < -0.39 is 0 Å². The van der Waals surface area contributed by atoms with E-state index in [4.69, 9.17) is 5.73 Å². The number of rotatable bonds is 13. The van der Waals surface area contributed by atoms with Crippen molar-refractivity contribution >= 4 is 23.5 Å². The monoisotopic (exact) mass is 373 g/mol. The Balaban J connectivity index is 1.70. The maximum Gasteiger partial charge on any atom is 0.0187 e. The van der Waals surface area contributed by atoms with E-state index in [0.717, 1.165) is 23.3 Å². The van der Waals surface area contributed by atoms with Crippen LogP contribution in [0.1, 0.15) is 43.2 Å².